The van der Waals surface area contributed by atoms with Crippen LogP contribution in [0.2, 0.25) is 0 Å². The molecule has 0 atom stereocenters. The molecule has 0 aliphatic heterocycles. The molecule has 1 heterocycles. The summed E-state index contributed by atoms with van der Waals surface area (Å²) in [4.78, 5) is 24.4. The lowest BCUT2D eigenvalue weighted by Crippen LogP contribution is -2.21. The molecule has 7 heteroatoms. The Balaban J connectivity index is 1.72. The second-order valence-corrected chi connectivity index (χ2v) is 5.23. The number of anilines is 1. The van der Waals surface area contributed by atoms with Gasteiger partial charge in [-0.1, -0.05) is 24.3 Å². The van der Waals surface area contributed by atoms with E-state index in [2.05, 4.69) is 15.8 Å². The number of hydrazone groups is 1. The number of nitrogens with one attached hydrogen (secondary N) is 2. The second-order valence-electron chi connectivity index (χ2n) is 5.23. The van der Waals surface area contributed by atoms with Crippen molar-refractivity contribution in [3.05, 3.63) is 83.8 Å². The summed E-state index contributed by atoms with van der Waals surface area (Å²) in [5.41, 5.74) is 3.39. The fourth-order valence-electron chi connectivity index (χ4n) is 2.20. The van der Waals surface area contributed by atoms with Crippen LogP contribution in [0, 0.1) is 0 Å². The van der Waals surface area contributed by atoms with Gasteiger partial charge in [-0.2, -0.15) is 5.10 Å². The number of benzene rings is 2. The van der Waals surface area contributed by atoms with Gasteiger partial charge in [0.15, 0.2) is 5.76 Å². The number of aromatic hydroxyl groups is 1. The zero-order valence-corrected chi connectivity index (χ0v) is 13.5. The number of hydrogen-bond donors (Lipinski definition) is 3. The zero-order chi connectivity index (χ0) is 18.4. The number of carbonyl (C=O) groups is 2. The average Bonchev–Trinajstić information content (AvgIpc) is 3.18. The molecule has 0 unspecified atom stereocenters. The van der Waals surface area contributed by atoms with Gasteiger partial charge in [0.05, 0.1) is 23.7 Å². The van der Waals surface area contributed by atoms with E-state index in [1.807, 2.05) is 0 Å². The predicted octanol–water partition coefficient (Wildman–Crippen LogP) is 3.00. The maximum atomic E-state index is 12.3. The van der Waals surface area contributed by atoms with Gasteiger partial charge in [0.2, 0.25) is 0 Å². The molecule has 0 aliphatic carbocycles. The van der Waals surface area contributed by atoms with Crippen LogP contribution in [0.4, 0.5) is 5.69 Å². The first-order valence-corrected chi connectivity index (χ1v) is 7.70. The molecule has 7 nitrogen and oxygen atoms in total. The Morgan fingerprint density at radius 1 is 0.962 bits per heavy atom. The molecule has 130 valence electrons. The molecule has 2 amide bonds. The monoisotopic (exact) mass is 349 g/mol. The molecule has 0 saturated heterocycles. The molecule has 0 radical (unpaired) electrons. The number of amides is 2. The number of phenols is 1. The fraction of sp³-hybridized carbons (Fsp3) is 0. The average molecular weight is 349 g/mol. The smallest absolute Gasteiger partial charge is 0.291 e. The fourth-order valence-corrected chi connectivity index (χ4v) is 2.20. The van der Waals surface area contributed by atoms with Crippen LogP contribution in [0.3, 0.4) is 0 Å². The van der Waals surface area contributed by atoms with Crippen molar-refractivity contribution in [1.29, 1.82) is 0 Å². The number of para-hydroxylation sites is 2. The van der Waals surface area contributed by atoms with Gasteiger partial charge in [-0.05, 0) is 36.4 Å². The summed E-state index contributed by atoms with van der Waals surface area (Å²) in [6.07, 6.45) is 2.72. The van der Waals surface area contributed by atoms with Crippen molar-refractivity contribution in [1.82, 2.24) is 5.43 Å². The Kier molecular flexibility index (Phi) is 5.09. The summed E-state index contributed by atoms with van der Waals surface area (Å²) in [6.45, 7) is 0. The normalized spacial score (nSPS) is 10.6. The molecule has 0 spiro atoms. The molecule has 0 fully saturated rings. The van der Waals surface area contributed by atoms with E-state index in [0.717, 1.165) is 0 Å². The van der Waals surface area contributed by atoms with Crippen LogP contribution in [0.1, 0.15) is 26.5 Å². The first kappa shape index (κ1) is 17.0. The van der Waals surface area contributed by atoms with Gasteiger partial charge in [0.25, 0.3) is 11.8 Å². The second kappa shape index (κ2) is 7.80. The van der Waals surface area contributed by atoms with Crippen molar-refractivity contribution >= 4 is 23.7 Å². The molecule has 2 aromatic carbocycles. The molecular weight excluding hydrogens is 334 g/mol. The van der Waals surface area contributed by atoms with Crippen LogP contribution in [-0.2, 0) is 0 Å². The lowest BCUT2D eigenvalue weighted by atomic mass is 10.1. The first-order valence-electron chi connectivity index (χ1n) is 7.70. The van der Waals surface area contributed by atoms with Crippen LogP contribution in [0.25, 0.3) is 0 Å². The van der Waals surface area contributed by atoms with Crippen LogP contribution >= 0.6 is 0 Å². The van der Waals surface area contributed by atoms with Gasteiger partial charge >= 0.3 is 0 Å². The minimum absolute atomic E-state index is 0.0524. The van der Waals surface area contributed by atoms with Crippen LogP contribution in [-0.4, -0.2) is 23.1 Å². The summed E-state index contributed by atoms with van der Waals surface area (Å²) in [5.74, 6) is -0.783. The lowest BCUT2D eigenvalue weighted by molar-refractivity contribution is 0.0956. The van der Waals surface area contributed by atoms with E-state index < -0.39 is 11.8 Å². The largest absolute Gasteiger partial charge is 0.507 e. The van der Waals surface area contributed by atoms with E-state index in [1.54, 1.807) is 48.5 Å². The number of rotatable bonds is 5. The lowest BCUT2D eigenvalue weighted by Gasteiger charge is -2.08. The zero-order valence-electron chi connectivity index (χ0n) is 13.5. The predicted molar refractivity (Wildman–Crippen MR) is 96.3 cm³/mol. The van der Waals surface area contributed by atoms with Crippen molar-refractivity contribution in [2.75, 3.05) is 5.32 Å². The van der Waals surface area contributed by atoms with E-state index in [-0.39, 0.29) is 17.1 Å². The molecule has 3 aromatic rings. The molecule has 0 saturated carbocycles. The Hall–Kier alpha value is -3.87. The number of carbonyl (C=O) groups excluding carboxylic acids is 2. The number of furan rings is 1. The van der Waals surface area contributed by atoms with E-state index in [9.17, 15) is 14.7 Å². The maximum absolute atomic E-state index is 12.3. The van der Waals surface area contributed by atoms with Gasteiger partial charge in [0, 0.05) is 5.56 Å². The SMILES string of the molecule is O=C(Nc1ccccc1C(=O)N/N=C\c1ccccc1O)c1ccco1. The highest BCUT2D eigenvalue weighted by Crippen LogP contribution is 2.17. The molecule has 0 bridgehead atoms. The van der Waals surface area contributed by atoms with Crippen LogP contribution in [0.15, 0.2) is 76.4 Å². The summed E-state index contributed by atoms with van der Waals surface area (Å²) < 4.78 is 5.03. The van der Waals surface area contributed by atoms with E-state index >= 15 is 0 Å². The highest BCUT2D eigenvalue weighted by Gasteiger charge is 2.15. The van der Waals surface area contributed by atoms with Gasteiger partial charge in [0.1, 0.15) is 5.75 Å². The minimum atomic E-state index is -0.507. The van der Waals surface area contributed by atoms with Crippen LogP contribution < -0.4 is 10.7 Å². The van der Waals surface area contributed by atoms with Gasteiger partial charge < -0.3 is 14.8 Å². The number of phenolic OH excluding ortho intramolecular Hbond substituents is 1. The third-order valence-electron chi connectivity index (χ3n) is 3.47. The van der Waals surface area contributed by atoms with Gasteiger partial charge in [-0.15, -0.1) is 0 Å². The summed E-state index contributed by atoms with van der Waals surface area (Å²) >= 11 is 0. The summed E-state index contributed by atoms with van der Waals surface area (Å²) in [6, 6.07) is 16.2. The Bertz CT molecular complexity index is 949. The third kappa shape index (κ3) is 3.96. The molecule has 0 aliphatic rings. The number of hydrogen-bond acceptors (Lipinski definition) is 5. The minimum Gasteiger partial charge on any atom is -0.507 e. The molecule has 1 aromatic heterocycles. The van der Waals surface area contributed by atoms with Crippen LogP contribution in [0.5, 0.6) is 5.75 Å². The van der Waals surface area contributed by atoms with E-state index in [4.69, 9.17) is 4.42 Å². The summed E-state index contributed by atoms with van der Waals surface area (Å²) in [7, 11) is 0. The van der Waals surface area contributed by atoms with Crippen molar-refractivity contribution in [3.8, 4) is 5.75 Å². The van der Waals surface area contributed by atoms with Gasteiger partial charge in [-0.25, -0.2) is 5.43 Å². The van der Waals surface area contributed by atoms with E-state index in [0.29, 0.717) is 11.3 Å². The Morgan fingerprint density at radius 3 is 2.50 bits per heavy atom. The van der Waals surface area contributed by atoms with Gasteiger partial charge in [-0.3, -0.25) is 9.59 Å². The topological polar surface area (TPSA) is 104 Å². The molecule has 3 N–H and O–H groups in total. The number of nitrogens with zero attached hydrogens (tertiary/aromatic N) is 1. The van der Waals surface area contributed by atoms with Crippen molar-refractivity contribution in [2.24, 2.45) is 5.10 Å². The Morgan fingerprint density at radius 2 is 1.73 bits per heavy atom. The van der Waals surface area contributed by atoms with Crippen molar-refractivity contribution < 1.29 is 19.1 Å². The first-order chi connectivity index (χ1) is 12.6. The third-order valence-corrected chi connectivity index (χ3v) is 3.47. The standard InChI is InChI=1S/C19H15N3O4/c23-16-9-4-1-6-13(16)12-20-22-18(24)14-7-2-3-8-15(14)21-19(25)17-10-5-11-26-17/h1-12,23H,(H,21,25)(H,22,24)/b20-12-. The highest BCUT2D eigenvalue weighted by atomic mass is 16.3. The summed E-state index contributed by atoms with van der Waals surface area (Å²) in [5, 5.41) is 16.1. The molecule has 26 heavy (non-hydrogen) atoms. The molecule has 3 rings (SSSR count). The van der Waals surface area contributed by atoms with E-state index in [1.165, 1.54) is 24.6 Å². The van der Waals surface area contributed by atoms with Crippen molar-refractivity contribution in [3.63, 3.8) is 0 Å². The maximum Gasteiger partial charge on any atom is 0.291 e. The highest BCUT2D eigenvalue weighted by molar-refractivity contribution is 6.08. The quantitative estimate of drug-likeness (QED) is 0.486. The Labute approximate surface area is 149 Å². The van der Waals surface area contributed by atoms with Crippen molar-refractivity contribution in [2.45, 2.75) is 0 Å². The molecular formula is C19H15N3O4.